The second-order valence-corrected chi connectivity index (χ2v) is 8.59. The summed E-state index contributed by atoms with van der Waals surface area (Å²) in [7, 11) is 0. The summed E-state index contributed by atoms with van der Waals surface area (Å²) in [5, 5.41) is 0.723. The maximum absolute atomic E-state index is 13.3. The fourth-order valence-corrected chi connectivity index (χ4v) is 4.66. The highest BCUT2D eigenvalue weighted by molar-refractivity contribution is 6.30. The lowest BCUT2D eigenvalue weighted by molar-refractivity contribution is -0.123. The monoisotopic (exact) mass is 410 g/mol. The van der Waals surface area contributed by atoms with Crippen LogP contribution < -0.4 is 4.90 Å². The van der Waals surface area contributed by atoms with Crippen molar-refractivity contribution in [1.82, 2.24) is 4.90 Å². The molecule has 2 aromatic carbocycles. The zero-order chi connectivity index (χ0) is 20.4. The first-order chi connectivity index (χ1) is 14.0. The van der Waals surface area contributed by atoms with Gasteiger partial charge in [-0.3, -0.25) is 9.59 Å². The van der Waals surface area contributed by atoms with E-state index in [1.165, 1.54) is 0 Å². The summed E-state index contributed by atoms with van der Waals surface area (Å²) >= 11 is 6.17. The lowest BCUT2D eigenvalue weighted by atomic mass is 9.94. The number of halogens is 1. The second kappa shape index (κ2) is 8.58. The molecule has 0 atom stereocenters. The van der Waals surface area contributed by atoms with E-state index in [4.69, 9.17) is 11.6 Å². The molecule has 0 bridgehead atoms. The number of fused-ring (bicyclic) bond motifs is 1. The van der Waals surface area contributed by atoms with Crippen LogP contribution in [0.4, 0.5) is 5.69 Å². The van der Waals surface area contributed by atoms with E-state index in [1.807, 2.05) is 59.2 Å². The Morgan fingerprint density at radius 3 is 2.55 bits per heavy atom. The van der Waals surface area contributed by atoms with Crippen LogP contribution >= 0.6 is 11.6 Å². The van der Waals surface area contributed by atoms with Crippen molar-refractivity contribution in [3.63, 3.8) is 0 Å². The molecule has 0 unspecified atom stereocenters. The number of piperidine rings is 1. The molecule has 0 saturated carbocycles. The van der Waals surface area contributed by atoms with E-state index in [-0.39, 0.29) is 17.7 Å². The third kappa shape index (κ3) is 4.32. The molecule has 0 radical (unpaired) electrons. The molecule has 0 spiro atoms. The third-order valence-electron chi connectivity index (χ3n) is 6.07. The summed E-state index contributed by atoms with van der Waals surface area (Å²) < 4.78 is 0. The molecule has 2 heterocycles. The van der Waals surface area contributed by atoms with Gasteiger partial charge in [-0.05, 0) is 74.9 Å². The van der Waals surface area contributed by atoms with Crippen molar-refractivity contribution in [2.24, 2.45) is 5.92 Å². The van der Waals surface area contributed by atoms with Crippen LogP contribution in [0.5, 0.6) is 0 Å². The molecule has 4 nitrogen and oxygen atoms in total. The molecule has 2 amide bonds. The number of rotatable bonds is 2. The van der Waals surface area contributed by atoms with E-state index < -0.39 is 0 Å². The first-order valence-electron chi connectivity index (χ1n) is 10.5. The maximum atomic E-state index is 13.3. The molecular weight excluding hydrogens is 384 g/mol. The van der Waals surface area contributed by atoms with Gasteiger partial charge in [0.25, 0.3) is 5.91 Å². The van der Waals surface area contributed by atoms with Crippen LogP contribution in [0.1, 0.15) is 47.2 Å². The molecule has 0 aliphatic carbocycles. The van der Waals surface area contributed by atoms with Gasteiger partial charge in [0.15, 0.2) is 0 Å². The topological polar surface area (TPSA) is 40.6 Å². The van der Waals surface area contributed by atoms with Gasteiger partial charge in [-0.15, -0.1) is 0 Å². The molecular formula is C24H27ClN2O2. The normalized spacial score (nSPS) is 17.6. The molecule has 1 fully saturated rings. The van der Waals surface area contributed by atoms with Crippen LogP contribution in [0.3, 0.4) is 0 Å². The van der Waals surface area contributed by atoms with Crippen LogP contribution in [0.15, 0.2) is 42.5 Å². The first-order valence-corrected chi connectivity index (χ1v) is 10.9. The number of hydrogen-bond acceptors (Lipinski definition) is 2. The van der Waals surface area contributed by atoms with Crippen LogP contribution in [0.25, 0.3) is 0 Å². The maximum Gasteiger partial charge on any atom is 0.253 e. The number of carbonyl (C=O) groups is 2. The quantitative estimate of drug-likeness (QED) is 0.708. The molecule has 2 aliphatic rings. The van der Waals surface area contributed by atoms with Gasteiger partial charge in [0.1, 0.15) is 0 Å². The molecule has 0 aromatic heterocycles. The number of benzene rings is 2. The van der Waals surface area contributed by atoms with E-state index in [0.29, 0.717) is 13.1 Å². The van der Waals surface area contributed by atoms with Gasteiger partial charge in [-0.2, -0.15) is 0 Å². The largest absolute Gasteiger partial charge is 0.339 e. The van der Waals surface area contributed by atoms with Crippen molar-refractivity contribution in [2.45, 2.75) is 39.0 Å². The molecule has 5 heteroatoms. The minimum atomic E-state index is -0.0295. The second-order valence-electron chi connectivity index (χ2n) is 8.16. The summed E-state index contributed by atoms with van der Waals surface area (Å²) in [6.45, 7) is 4.01. The van der Waals surface area contributed by atoms with Crippen molar-refractivity contribution < 1.29 is 9.59 Å². The van der Waals surface area contributed by atoms with Gasteiger partial charge >= 0.3 is 0 Å². The lowest BCUT2D eigenvalue weighted by Gasteiger charge is -2.34. The van der Waals surface area contributed by atoms with Crippen LogP contribution in [0.2, 0.25) is 5.02 Å². The Bertz CT molecular complexity index is 919. The number of likely N-dealkylation sites (tertiary alicyclic amines) is 1. The van der Waals surface area contributed by atoms with E-state index in [0.717, 1.165) is 66.0 Å². The highest BCUT2D eigenvalue weighted by atomic mass is 35.5. The Hall–Kier alpha value is -2.33. The zero-order valence-electron chi connectivity index (χ0n) is 16.9. The van der Waals surface area contributed by atoms with E-state index in [9.17, 15) is 9.59 Å². The summed E-state index contributed by atoms with van der Waals surface area (Å²) in [4.78, 5) is 30.0. The van der Waals surface area contributed by atoms with Crippen molar-refractivity contribution in [2.75, 3.05) is 24.5 Å². The fraction of sp³-hybridized carbons (Fsp3) is 0.417. The molecule has 152 valence electrons. The van der Waals surface area contributed by atoms with Gasteiger partial charge < -0.3 is 9.80 Å². The Morgan fingerprint density at radius 1 is 1.00 bits per heavy atom. The number of anilines is 1. The number of nitrogens with zero attached hydrogens (tertiary/aromatic N) is 2. The SMILES string of the molecule is Cc1cccc(C(=O)N2CCC(C(=O)N3CCCCc4cc(Cl)ccc43)CC2)c1. The van der Waals surface area contributed by atoms with Crippen molar-refractivity contribution in [3.05, 3.63) is 64.2 Å². The fourth-order valence-electron chi connectivity index (χ4n) is 4.46. The van der Waals surface area contributed by atoms with E-state index in [1.54, 1.807) is 0 Å². The highest BCUT2D eigenvalue weighted by Gasteiger charge is 2.32. The number of carbonyl (C=O) groups excluding carboxylic acids is 2. The Balaban J connectivity index is 1.44. The Kier molecular flexibility index (Phi) is 5.91. The lowest BCUT2D eigenvalue weighted by Crippen LogP contribution is -2.44. The first kappa shape index (κ1) is 20.0. The van der Waals surface area contributed by atoms with Gasteiger partial charge in [-0.1, -0.05) is 29.3 Å². The molecule has 4 rings (SSSR count). The van der Waals surface area contributed by atoms with Gasteiger partial charge in [-0.25, -0.2) is 0 Å². The van der Waals surface area contributed by atoms with Crippen LogP contribution in [-0.4, -0.2) is 36.3 Å². The highest BCUT2D eigenvalue weighted by Crippen LogP contribution is 2.32. The van der Waals surface area contributed by atoms with Crippen molar-refractivity contribution >= 4 is 29.1 Å². The van der Waals surface area contributed by atoms with Gasteiger partial charge in [0.05, 0.1) is 0 Å². The van der Waals surface area contributed by atoms with E-state index >= 15 is 0 Å². The minimum Gasteiger partial charge on any atom is -0.339 e. The molecule has 1 saturated heterocycles. The average Bonchev–Trinajstić information content (AvgIpc) is 2.94. The summed E-state index contributed by atoms with van der Waals surface area (Å²) in [6, 6.07) is 13.6. The molecule has 0 N–H and O–H groups in total. The smallest absolute Gasteiger partial charge is 0.253 e. The van der Waals surface area contributed by atoms with Crippen LogP contribution in [-0.2, 0) is 11.2 Å². The summed E-state index contributed by atoms with van der Waals surface area (Å²) in [6.07, 6.45) is 4.47. The third-order valence-corrected chi connectivity index (χ3v) is 6.31. The summed E-state index contributed by atoms with van der Waals surface area (Å²) in [5.41, 5.74) is 3.99. The molecule has 2 aliphatic heterocycles. The van der Waals surface area contributed by atoms with Crippen molar-refractivity contribution in [1.29, 1.82) is 0 Å². The molecule has 29 heavy (non-hydrogen) atoms. The van der Waals surface area contributed by atoms with Crippen LogP contribution in [0, 0.1) is 12.8 Å². The number of amides is 2. The Labute approximate surface area is 177 Å². The standard InChI is InChI=1S/C24H27ClN2O2/c1-17-5-4-7-20(15-17)23(28)26-13-10-18(11-14-26)24(29)27-12-3-2-6-19-16-21(25)8-9-22(19)27/h4-5,7-9,15-16,18H,2-3,6,10-14H2,1H3. The number of aryl methyl sites for hydroxylation is 2. The number of hydrogen-bond donors (Lipinski definition) is 0. The zero-order valence-corrected chi connectivity index (χ0v) is 17.6. The predicted molar refractivity (Wildman–Crippen MR) is 117 cm³/mol. The van der Waals surface area contributed by atoms with Gasteiger partial charge in [0.2, 0.25) is 5.91 Å². The summed E-state index contributed by atoms with van der Waals surface area (Å²) in [5.74, 6) is 0.227. The molecule has 2 aromatic rings. The van der Waals surface area contributed by atoms with E-state index in [2.05, 4.69) is 0 Å². The Morgan fingerprint density at radius 2 is 1.79 bits per heavy atom. The minimum absolute atomic E-state index is 0.0295. The van der Waals surface area contributed by atoms with Gasteiger partial charge in [0, 0.05) is 41.8 Å². The predicted octanol–water partition coefficient (Wildman–Crippen LogP) is 4.87. The average molecular weight is 411 g/mol. The van der Waals surface area contributed by atoms with Crippen molar-refractivity contribution in [3.8, 4) is 0 Å².